The molecule has 0 saturated heterocycles. The highest BCUT2D eigenvalue weighted by molar-refractivity contribution is 7.80. The molecule has 0 heterocycles. The standard InChI is InChI=1S/C23H30N2O3S/c1-16(2)13-14-27-19-11-9-18(10-12-19)24-23(29)25-22(26)20-7-5-6-8-21(20)28-15-17(3)4/h5-12,16-17H,13-15H2,1-4H3,(H2,24,25,26,29). The number of amides is 1. The zero-order valence-electron chi connectivity index (χ0n) is 17.5. The van der Waals surface area contributed by atoms with E-state index in [0.29, 0.717) is 36.4 Å². The Kier molecular flexibility index (Phi) is 8.93. The monoisotopic (exact) mass is 414 g/mol. The normalized spacial score (nSPS) is 10.7. The highest BCUT2D eigenvalue weighted by atomic mass is 32.1. The van der Waals surface area contributed by atoms with Crippen LogP contribution in [-0.2, 0) is 0 Å². The molecule has 156 valence electrons. The zero-order valence-corrected chi connectivity index (χ0v) is 18.3. The molecule has 1 amide bonds. The van der Waals surface area contributed by atoms with Crippen molar-refractivity contribution >= 4 is 28.9 Å². The van der Waals surface area contributed by atoms with Gasteiger partial charge in [-0.1, -0.05) is 39.8 Å². The van der Waals surface area contributed by atoms with Crippen LogP contribution in [0.15, 0.2) is 48.5 Å². The van der Waals surface area contributed by atoms with E-state index < -0.39 is 0 Å². The van der Waals surface area contributed by atoms with Gasteiger partial charge in [0.05, 0.1) is 18.8 Å². The molecule has 0 saturated carbocycles. The first-order chi connectivity index (χ1) is 13.8. The summed E-state index contributed by atoms with van der Waals surface area (Å²) in [6, 6.07) is 14.6. The van der Waals surface area contributed by atoms with Crippen molar-refractivity contribution in [2.45, 2.75) is 34.1 Å². The lowest BCUT2D eigenvalue weighted by atomic mass is 10.1. The lowest BCUT2D eigenvalue weighted by Crippen LogP contribution is -2.34. The molecule has 0 spiro atoms. The topological polar surface area (TPSA) is 59.6 Å². The number of anilines is 1. The third-order valence-electron chi connectivity index (χ3n) is 4.01. The Morgan fingerprint density at radius 1 is 0.966 bits per heavy atom. The lowest BCUT2D eigenvalue weighted by molar-refractivity contribution is 0.0973. The molecule has 6 heteroatoms. The van der Waals surface area contributed by atoms with Crippen molar-refractivity contribution in [1.29, 1.82) is 0 Å². The van der Waals surface area contributed by atoms with E-state index in [0.717, 1.165) is 17.9 Å². The maximum absolute atomic E-state index is 12.6. The number of benzene rings is 2. The Labute approximate surface area is 178 Å². The number of rotatable bonds is 9. The van der Waals surface area contributed by atoms with E-state index in [9.17, 15) is 4.79 Å². The van der Waals surface area contributed by atoms with Gasteiger partial charge >= 0.3 is 0 Å². The van der Waals surface area contributed by atoms with Crippen LogP contribution >= 0.6 is 12.2 Å². The van der Waals surface area contributed by atoms with Crippen LogP contribution in [0.4, 0.5) is 5.69 Å². The Bertz CT molecular complexity index is 804. The van der Waals surface area contributed by atoms with E-state index >= 15 is 0 Å². The Hall–Kier alpha value is -2.60. The minimum Gasteiger partial charge on any atom is -0.494 e. The molecule has 0 atom stereocenters. The van der Waals surface area contributed by atoms with Crippen LogP contribution in [0, 0.1) is 11.8 Å². The molecule has 0 radical (unpaired) electrons. The predicted molar refractivity (Wildman–Crippen MR) is 122 cm³/mol. The molecule has 0 unspecified atom stereocenters. The summed E-state index contributed by atoms with van der Waals surface area (Å²) >= 11 is 5.28. The first-order valence-corrected chi connectivity index (χ1v) is 10.3. The number of ether oxygens (including phenoxy) is 2. The summed E-state index contributed by atoms with van der Waals surface area (Å²) in [5.41, 5.74) is 1.22. The van der Waals surface area contributed by atoms with Gasteiger partial charge in [0.15, 0.2) is 5.11 Å². The van der Waals surface area contributed by atoms with Gasteiger partial charge in [0.25, 0.3) is 5.91 Å². The molecule has 0 fully saturated rings. The van der Waals surface area contributed by atoms with Crippen LogP contribution in [0.1, 0.15) is 44.5 Å². The van der Waals surface area contributed by atoms with Crippen LogP contribution in [0.2, 0.25) is 0 Å². The van der Waals surface area contributed by atoms with E-state index in [-0.39, 0.29) is 11.0 Å². The minimum atomic E-state index is -0.310. The second-order valence-electron chi connectivity index (χ2n) is 7.66. The summed E-state index contributed by atoms with van der Waals surface area (Å²) in [6.45, 7) is 9.68. The van der Waals surface area contributed by atoms with Gasteiger partial charge in [0.2, 0.25) is 0 Å². The van der Waals surface area contributed by atoms with Crippen molar-refractivity contribution in [2.24, 2.45) is 11.8 Å². The van der Waals surface area contributed by atoms with Crippen molar-refractivity contribution in [3.8, 4) is 11.5 Å². The molecule has 2 rings (SSSR count). The van der Waals surface area contributed by atoms with Crippen molar-refractivity contribution in [3.05, 3.63) is 54.1 Å². The van der Waals surface area contributed by atoms with Crippen LogP contribution in [-0.4, -0.2) is 24.2 Å². The molecule has 29 heavy (non-hydrogen) atoms. The first kappa shape index (κ1) is 22.7. The van der Waals surface area contributed by atoms with Crippen LogP contribution < -0.4 is 20.1 Å². The average Bonchev–Trinajstić information content (AvgIpc) is 2.67. The van der Waals surface area contributed by atoms with Gasteiger partial charge in [-0.2, -0.15) is 0 Å². The second-order valence-corrected chi connectivity index (χ2v) is 8.07. The van der Waals surface area contributed by atoms with E-state index in [1.807, 2.05) is 30.3 Å². The van der Waals surface area contributed by atoms with Gasteiger partial charge in [0, 0.05) is 5.69 Å². The third kappa shape index (κ3) is 8.11. The molecule has 2 N–H and O–H groups in total. The van der Waals surface area contributed by atoms with E-state index in [1.165, 1.54) is 0 Å². The Morgan fingerprint density at radius 3 is 2.31 bits per heavy atom. The molecule has 0 aliphatic rings. The van der Waals surface area contributed by atoms with Crippen molar-refractivity contribution in [2.75, 3.05) is 18.5 Å². The quantitative estimate of drug-likeness (QED) is 0.547. The van der Waals surface area contributed by atoms with Crippen molar-refractivity contribution in [3.63, 3.8) is 0 Å². The van der Waals surface area contributed by atoms with Crippen LogP contribution in [0.3, 0.4) is 0 Å². The van der Waals surface area contributed by atoms with E-state index in [4.69, 9.17) is 21.7 Å². The molecule has 5 nitrogen and oxygen atoms in total. The van der Waals surface area contributed by atoms with E-state index in [1.54, 1.807) is 18.2 Å². The number of nitrogens with one attached hydrogen (secondary N) is 2. The van der Waals surface area contributed by atoms with Gasteiger partial charge < -0.3 is 14.8 Å². The maximum Gasteiger partial charge on any atom is 0.261 e. The SMILES string of the molecule is CC(C)CCOc1ccc(NC(=S)NC(=O)c2ccccc2OCC(C)C)cc1. The van der Waals surface area contributed by atoms with Crippen LogP contribution in [0.25, 0.3) is 0 Å². The van der Waals surface area contributed by atoms with Gasteiger partial charge in [-0.15, -0.1) is 0 Å². The zero-order chi connectivity index (χ0) is 21.2. The van der Waals surface area contributed by atoms with Gasteiger partial charge in [0.1, 0.15) is 11.5 Å². The van der Waals surface area contributed by atoms with Gasteiger partial charge in [-0.05, 0) is 66.9 Å². The van der Waals surface area contributed by atoms with Crippen molar-refractivity contribution < 1.29 is 14.3 Å². The number of carbonyl (C=O) groups excluding carboxylic acids is 1. The summed E-state index contributed by atoms with van der Waals surface area (Å²) in [5, 5.41) is 5.95. The fourth-order valence-electron chi connectivity index (χ4n) is 2.42. The number of hydrogen-bond acceptors (Lipinski definition) is 4. The van der Waals surface area contributed by atoms with Crippen molar-refractivity contribution in [1.82, 2.24) is 5.32 Å². The van der Waals surface area contributed by atoms with Crippen LogP contribution in [0.5, 0.6) is 11.5 Å². The molecular formula is C23H30N2O3S. The third-order valence-corrected chi connectivity index (χ3v) is 4.21. The molecule has 2 aromatic carbocycles. The second kappa shape index (κ2) is 11.4. The Morgan fingerprint density at radius 2 is 1.66 bits per heavy atom. The van der Waals surface area contributed by atoms with Gasteiger partial charge in [-0.25, -0.2) is 0 Å². The highest BCUT2D eigenvalue weighted by Gasteiger charge is 2.14. The number of thiocarbonyl (C=S) groups is 1. The summed E-state index contributed by atoms with van der Waals surface area (Å²) in [6.07, 6.45) is 1.01. The minimum absolute atomic E-state index is 0.224. The number of para-hydroxylation sites is 1. The lowest BCUT2D eigenvalue weighted by Gasteiger charge is -2.14. The fraction of sp³-hybridized carbons (Fsp3) is 0.391. The number of hydrogen-bond donors (Lipinski definition) is 2. The summed E-state index contributed by atoms with van der Waals surface area (Å²) in [5.74, 6) is 2.02. The molecule has 0 aliphatic carbocycles. The first-order valence-electron chi connectivity index (χ1n) is 9.92. The smallest absolute Gasteiger partial charge is 0.261 e. The molecule has 2 aromatic rings. The fourth-order valence-corrected chi connectivity index (χ4v) is 2.63. The summed E-state index contributed by atoms with van der Waals surface area (Å²) in [4.78, 5) is 12.6. The maximum atomic E-state index is 12.6. The molecule has 0 aliphatic heterocycles. The number of carbonyl (C=O) groups is 1. The summed E-state index contributed by atoms with van der Waals surface area (Å²) in [7, 11) is 0. The molecular weight excluding hydrogens is 384 g/mol. The van der Waals surface area contributed by atoms with Gasteiger partial charge in [-0.3, -0.25) is 10.1 Å². The highest BCUT2D eigenvalue weighted by Crippen LogP contribution is 2.19. The molecule has 0 bridgehead atoms. The largest absolute Gasteiger partial charge is 0.494 e. The summed E-state index contributed by atoms with van der Waals surface area (Å²) < 4.78 is 11.4. The predicted octanol–water partition coefficient (Wildman–Crippen LogP) is 5.27. The molecule has 0 aromatic heterocycles. The van der Waals surface area contributed by atoms with E-state index in [2.05, 4.69) is 38.3 Å². The Balaban J connectivity index is 1.90. The average molecular weight is 415 g/mol.